The molecule has 0 aliphatic heterocycles. The summed E-state index contributed by atoms with van der Waals surface area (Å²) in [5.74, 6) is 1.68. The highest BCUT2D eigenvalue weighted by molar-refractivity contribution is 5.26. The number of nitrogens with one attached hydrogen (secondary N) is 1. The molecule has 0 amide bonds. The highest BCUT2D eigenvalue weighted by Gasteiger charge is 2.11. The fourth-order valence-corrected chi connectivity index (χ4v) is 1.10. The molecule has 0 bridgehead atoms. The molecule has 5 heteroatoms. The van der Waals surface area contributed by atoms with E-state index >= 15 is 0 Å². The van der Waals surface area contributed by atoms with Gasteiger partial charge >= 0.3 is 6.01 Å². The van der Waals surface area contributed by atoms with Gasteiger partial charge in [0.2, 0.25) is 5.95 Å². The molecule has 1 N–H and O–H groups in total. The minimum atomic E-state index is 0.319. The first kappa shape index (κ1) is 11.7. The zero-order valence-corrected chi connectivity index (χ0v) is 9.74. The number of anilines is 1. The van der Waals surface area contributed by atoms with E-state index < -0.39 is 0 Å². The number of methoxy groups -OCH3 is 1. The van der Waals surface area contributed by atoms with Crippen molar-refractivity contribution in [3.05, 3.63) is 5.82 Å². The number of ether oxygens (including phenoxy) is 1. The van der Waals surface area contributed by atoms with Gasteiger partial charge in [-0.15, -0.1) is 0 Å². The molecule has 1 heterocycles. The maximum absolute atomic E-state index is 5.03. The average Bonchev–Trinajstić information content (AvgIpc) is 2.28. The number of aromatic nitrogens is 3. The maximum atomic E-state index is 5.03. The van der Waals surface area contributed by atoms with Gasteiger partial charge in [-0.05, 0) is 13.3 Å². The van der Waals surface area contributed by atoms with Crippen molar-refractivity contribution in [3.8, 4) is 6.01 Å². The Kier molecular flexibility index (Phi) is 4.27. The van der Waals surface area contributed by atoms with Crippen LogP contribution in [0.2, 0.25) is 0 Å². The lowest BCUT2D eigenvalue weighted by atomic mass is 10.1. The molecule has 0 saturated carbocycles. The number of nitrogens with zero attached hydrogens (tertiary/aromatic N) is 3. The Morgan fingerprint density at radius 1 is 1.27 bits per heavy atom. The molecule has 1 rings (SSSR count). The molecule has 0 spiro atoms. The van der Waals surface area contributed by atoms with Crippen molar-refractivity contribution in [2.75, 3.05) is 19.0 Å². The standard InChI is InChI=1S/C10H18N4O/c1-5-7(3)8-12-9(11-6-2)14-10(13-8)15-4/h7H,5-6H2,1-4H3,(H,11,12,13,14). The minimum Gasteiger partial charge on any atom is -0.467 e. The van der Waals surface area contributed by atoms with Gasteiger partial charge in [0, 0.05) is 12.5 Å². The lowest BCUT2D eigenvalue weighted by Gasteiger charge is -2.10. The Bertz CT molecular complexity index is 316. The van der Waals surface area contributed by atoms with Crippen molar-refractivity contribution in [2.45, 2.75) is 33.1 Å². The Labute approximate surface area is 90.3 Å². The predicted molar refractivity (Wildman–Crippen MR) is 59.2 cm³/mol. The quantitative estimate of drug-likeness (QED) is 0.803. The van der Waals surface area contributed by atoms with Gasteiger partial charge in [-0.1, -0.05) is 13.8 Å². The van der Waals surface area contributed by atoms with Crippen molar-refractivity contribution in [1.29, 1.82) is 0 Å². The maximum Gasteiger partial charge on any atom is 0.321 e. The molecule has 5 nitrogen and oxygen atoms in total. The van der Waals surface area contributed by atoms with Crippen LogP contribution in [-0.2, 0) is 0 Å². The summed E-state index contributed by atoms with van der Waals surface area (Å²) < 4.78 is 5.03. The molecule has 1 unspecified atom stereocenters. The summed E-state index contributed by atoms with van der Waals surface area (Å²) in [6.45, 7) is 6.98. The molecule has 0 fully saturated rings. The number of hydrogen-bond acceptors (Lipinski definition) is 5. The highest BCUT2D eigenvalue weighted by atomic mass is 16.5. The molecule has 1 aromatic rings. The molecule has 0 aromatic carbocycles. The normalized spacial score (nSPS) is 12.3. The molecule has 15 heavy (non-hydrogen) atoms. The van der Waals surface area contributed by atoms with Crippen LogP contribution in [0.3, 0.4) is 0 Å². The monoisotopic (exact) mass is 210 g/mol. The fourth-order valence-electron chi connectivity index (χ4n) is 1.10. The zero-order chi connectivity index (χ0) is 11.3. The third-order valence-corrected chi connectivity index (χ3v) is 2.20. The lowest BCUT2D eigenvalue weighted by Crippen LogP contribution is -2.09. The fraction of sp³-hybridized carbons (Fsp3) is 0.700. The minimum absolute atomic E-state index is 0.319. The van der Waals surface area contributed by atoms with E-state index in [2.05, 4.69) is 34.1 Å². The zero-order valence-electron chi connectivity index (χ0n) is 9.74. The summed E-state index contributed by atoms with van der Waals surface area (Å²) >= 11 is 0. The number of hydrogen-bond donors (Lipinski definition) is 1. The van der Waals surface area contributed by atoms with Gasteiger partial charge in [0.25, 0.3) is 0 Å². The third-order valence-electron chi connectivity index (χ3n) is 2.20. The summed E-state index contributed by atoms with van der Waals surface area (Å²) in [4.78, 5) is 12.7. The first-order valence-corrected chi connectivity index (χ1v) is 5.25. The van der Waals surface area contributed by atoms with Crippen LogP contribution < -0.4 is 10.1 Å². The van der Waals surface area contributed by atoms with E-state index in [0.29, 0.717) is 17.9 Å². The van der Waals surface area contributed by atoms with E-state index in [4.69, 9.17) is 4.74 Å². The van der Waals surface area contributed by atoms with E-state index in [1.54, 1.807) is 7.11 Å². The van der Waals surface area contributed by atoms with Crippen molar-refractivity contribution in [1.82, 2.24) is 15.0 Å². The molecule has 84 valence electrons. The topological polar surface area (TPSA) is 59.9 Å². The second-order valence-electron chi connectivity index (χ2n) is 3.34. The Hall–Kier alpha value is -1.39. The van der Waals surface area contributed by atoms with Crippen LogP contribution in [0.1, 0.15) is 38.9 Å². The van der Waals surface area contributed by atoms with E-state index in [0.717, 1.165) is 18.8 Å². The highest BCUT2D eigenvalue weighted by Crippen LogP contribution is 2.17. The molecule has 1 aromatic heterocycles. The lowest BCUT2D eigenvalue weighted by molar-refractivity contribution is 0.374. The third kappa shape index (κ3) is 3.04. The molecule has 1 atom stereocenters. The van der Waals surface area contributed by atoms with Gasteiger partial charge in [0.15, 0.2) is 0 Å². The van der Waals surface area contributed by atoms with Gasteiger partial charge in [-0.2, -0.15) is 15.0 Å². The smallest absolute Gasteiger partial charge is 0.321 e. The molecule has 0 radical (unpaired) electrons. The predicted octanol–water partition coefficient (Wildman–Crippen LogP) is 1.83. The molecule has 0 aliphatic rings. The number of rotatable bonds is 5. The van der Waals surface area contributed by atoms with E-state index in [1.807, 2.05) is 6.92 Å². The van der Waals surface area contributed by atoms with E-state index in [-0.39, 0.29) is 0 Å². The van der Waals surface area contributed by atoms with Gasteiger partial charge in [-0.3, -0.25) is 0 Å². The van der Waals surface area contributed by atoms with Crippen molar-refractivity contribution >= 4 is 5.95 Å². The van der Waals surface area contributed by atoms with Crippen LogP contribution in [-0.4, -0.2) is 28.6 Å². The van der Waals surface area contributed by atoms with Crippen LogP contribution in [0.4, 0.5) is 5.95 Å². The summed E-state index contributed by atoms with van der Waals surface area (Å²) in [6, 6.07) is 0.372. The van der Waals surface area contributed by atoms with Crippen LogP contribution in [0, 0.1) is 0 Å². The Balaban J connectivity index is 2.99. The molecular formula is C10H18N4O. The molecule has 0 aliphatic carbocycles. The van der Waals surface area contributed by atoms with E-state index in [1.165, 1.54) is 0 Å². The second-order valence-corrected chi connectivity index (χ2v) is 3.34. The average molecular weight is 210 g/mol. The van der Waals surface area contributed by atoms with Crippen LogP contribution in [0.25, 0.3) is 0 Å². The Morgan fingerprint density at radius 2 is 2.00 bits per heavy atom. The van der Waals surface area contributed by atoms with Crippen molar-refractivity contribution < 1.29 is 4.74 Å². The van der Waals surface area contributed by atoms with Crippen LogP contribution in [0.5, 0.6) is 6.01 Å². The van der Waals surface area contributed by atoms with Crippen molar-refractivity contribution in [3.63, 3.8) is 0 Å². The SMILES string of the molecule is CCNc1nc(OC)nc(C(C)CC)n1. The van der Waals surface area contributed by atoms with Gasteiger partial charge in [0.05, 0.1) is 7.11 Å². The summed E-state index contributed by atoms with van der Waals surface area (Å²) in [6.07, 6.45) is 0.999. The van der Waals surface area contributed by atoms with Gasteiger partial charge in [-0.25, -0.2) is 0 Å². The second kappa shape index (κ2) is 5.48. The van der Waals surface area contributed by atoms with Crippen LogP contribution in [0.15, 0.2) is 0 Å². The van der Waals surface area contributed by atoms with Crippen molar-refractivity contribution in [2.24, 2.45) is 0 Å². The summed E-state index contributed by atoms with van der Waals surface area (Å²) in [5, 5.41) is 3.06. The first-order chi connectivity index (χ1) is 7.21. The first-order valence-electron chi connectivity index (χ1n) is 5.25. The largest absolute Gasteiger partial charge is 0.467 e. The molecule has 0 saturated heterocycles. The van der Waals surface area contributed by atoms with Gasteiger partial charge in [0.1, 0.15) is 5.82 Å². The summed E-state index contributed by atoms with van der Waals surface area (Å²) in [7, 11) is 1.56. The Morgan fingerprint density at radius 3 is 2.53 bits per heavy atom. The summed E-state index contributed by atoms with van der Waals surface area (Å²) in [5.41, 5.74) is 0. The van der Waals surface area contributed by atoms with Crippen LogP contribution >= 0.6 is 0 Å². The molecular weight excluding hydrogens is 192 g/mol. The van der Waals surface area contributed by atoms with Gasteiger partial charge < -0.3 is 10.1 Å². The van der Waals surface area contributed by atoms with E-state index in [9.17, 15) is 0 Å².